The van der Waals surface area contributed by atoms with Crippen molar-refractivity contribution in [2.75, 3.05) is 13.2 Å². The van der Waals surface area contributed by atoms with Crippen molar-refractivity contribution in [2.45, 2.75) is 26.7 Å². The van der Waals surface area contributed by atoms with E-state index in [2.05, 4.69) is 17.2 Å². The van der Waals surface area contributed by atoms with Gasteiger partial charge in [-0.25, -0.2) is 9.78 Å². The number of aryl methyl sites for hydroxylation is 1. The maximum absolute atomic E-state index is 11.7. The lowest BCUT2D eigenvalue weighted by Crippen LogP contribution is -2.29. The molecule has 2 rings (SSSR count). The summed E-state index contributed by atoms with van der Waals surface area (Å²) in [5.74, 6) is -0.693. The third kappa shape index (κ3) is 4.79. The molecule has 0 saturated carbocycles. The Morgan fingerprint density at radius 1 is 1.29 bits per heavy atom. The van der Waals surface area contributed by atoms with Crippen LogP contribution in [-0.4, -0.2) is 35.1 Å². The first kappa shape index (κ1) is 17.9. The molecule has 0 spiro atoms. The maximum atomic E-state index is 11.7. The topological polar surface area (TPSA) is 88.5 Å². The van der Waals surface area contributed by atoms with E-state index in [1.54, 1.807) is 12.1 Å². The number of hydrogen-bond donors (Lipinski definition) is 2. The summed E-state index contributed by atoms with van der Waals surface area (Å²) >= 11 is 1.44. The fraction of sp³-hybridized carbons (Fsp3) is 0.353. The van der Waals surface area contributed by atoms with Gasteiger partial charge in [-0.15, -0.1) is 11.3 Å². The van der Waals surface area contributed by atoms with Gasteiger partial charge >= 0.3 is 5.97 Å². The summed E-state index contributed by atoms with van der Waals surface area (Å²) in [4.78, 5) is 27.8. The highest BCUT2D eigenvalue weighted by molar-refractivity contribution is 7.15. The molecule has 0 aliphatic carbocycles. The molecule has 1 aromatic heterocycles. The largest absolute Gasteiger partial charge is 0.478 e. The Morgan fingerprint density at radius 3 is 2.62 bits per heavy atom. The highest BCUT2D eigenvalue weighted by atomic mass is 32.1. The van der Waals surface area contributed by atoms with Crippen molar-refractivity contribution in [3.05, 3.63) is 34.7 Å². The molecule has 0 fully saturated rings. The van der Waals surface area contributed by atoms with E-state index in [0.717, 1.165) is 28.3 Å². The summed E-state index contributed by atoms with van der Waals surface area (Å²) in [7, 11) is 0. The van der Waals surface area contributed by atoms with Gasteiger partial charge in [0.1, 0.15) is 5.01 Å². The standard InChI is InChI=1S/C17H20N2O4S/c1-3-4-9-18-14(20)10-23-15-11(2)24-16(19-15)12-5-7-13(8-6-12)17(21)22/h5-8H,3-4,9-10H2,1-2H3,(H,18,20)(H,21,22). The number of benzene rings is 1. The maximum Gasteiger partial charge on any atom is 0.335 e. The van der Waals surface area contributed by atoms with Gasteiger partial charge in [0.2, 0.25) is 5.88 Å². The van der Waals surface area contributed by atoms with Gasteiger partial charge in [0, 0.05) is 12.1 Å². The van der Waals surface area contributed by atoms with Crippen molar-refractivity contribution in [1.82, 2.24) is 10.3 Å². The number of thiazole rings is 1. The fourth-order valence-electron chi connectivity index (χ4n) is 1.98. The molecule has 0 aliphatic heterocycles. The highest BCUT2D eigenvalue weighted by Crippen LogP contribution is 2.31. The van der Waals surface area contributed by atoms with E-state index in [-0.39, 0.29) is 18.1 Å². The van der Waals surface area contributed by atoms with Crippen LogP contribution < -0.4 is 10.1 Å². The Bertz CT molecular complexity index is 710. The smallest absolute Gasteiger partial charge is 0.335 e. The van der Waals surface area contributed by atoms with E-state index >= 15 is 0 Å². The van der Waals surface area contributed by atoms with Crippen LogP contribution in [0.15, 0.2) is 24.3 Å². The Kier molecular flexibility index (Phi) is 6.31. The first-order valence-electron chi connectivity index (χ1n) is 7.72. The van der Waals surface area contributed by atoms with Crippen LogP contribution >= 0.6 is 11.3 Å². The number of carboxylic acids is 1. The number of carbonyl (C=O) groups is 2. The minimum absolute atomic E-state index is 0.0638. The molecule has 24 heavy (non-hydrogen) atoms. The van der Waals surface area contributed by atoms with Crippen molar-refractivity contribution in [3.8, 4) is 16.5 Å². The lowest BCUT2D eigenvalue weighted by atomic mass is 10.1. The predicted molar refractivity (Wildman–Crippen MR) is 92.7 cm³/mol. The third-order valence-electron chi connectivity index (χ3n) is 3.33. The molecule has 1 aromatic carbocycles. The highest BCUT2D eigenvalue weighted by Gasteiger charge is 2.13. The van der Waals surface area contributed by atoms with E-state index in [1.807, 2.05) is 6.92 Å². The number of aromatic nitrogens is 1. The number of amides is 1. The van der Waals surface area contributed by atoms with E-state index in [9.17, 15) is 9.59 Å². The summed E-state index contributed by atoms with van der Waals surface area (Å²) in [5, 5.41) is 12.4. The quantitative estimate of drug-likeness (QED) is 0.716. The molecule has 6 nitrogen and oxygen atoms in total. The molecule has 0 saturated heterocycles. The molecule has 0 aliphatic rings. The average molecular weight is 348 g/mol. The molecule has 2 aromatic rings. The minimum atomic E-state index is -0.963. The second-order valence-electron chi connectivity index (χ2n) is 5.26. The molecule has 7 heteroatoms. The summed E-state index contributed by atoms with van der Waals surface area (Å²) < 4.78 is 5.49. The van der Waals surface area contributed by atoms with Crippen molar-refractivity contribution < 1.29 is 19.4 Å². The van der Waals surface area contributed by atoms with E-state index < -0.39 is 5.97 Å². The van der Waals surface area contributed by atoms with Crippen LogP contribution in [-0.2, 0) is 4.79 Å². The normalized spacial score (nSPS) is 10.4. The van der Waals surface area contributed by atoms with Crippen LogP contribution in [0, 0.1) is 6.92 Å². The number of unbranched alkanes of at least 4 members (excludes halogenated alkanes) is 1. The molecular formula is C17H20N2O4S. The van der Waals surface area contributed by atoms with Crippen LogP contribution in [0.25, 0.3) is 10.6 Å². The Labute approximate surface area is 144 Å². The zero-order valence-corrected chi connectivity index (χ0v) is 14.5. The predicted octanol–water partition coefficient (Wildman–Crippen LogP) is 3.11. The molecule has 0 radical (unpaired) electrons. The van der Waals surface area contributed by atoms with Gasteiger partial charge in [-0.1, -0.05) is 25.5 Å². The zero-order valence-electron chi connectivity index (χ0n) is 13.7. The Morgan fingerprint density at radius 2 is 2.00 bits per heavy atom. The Hall–Kier alpha value is -2.41. The van der Waals surface area contributed by atoms with E-state index in [1.165, 1.54) is 23.5 Å². The molecule has 0 atom stereocenters. The monoisotopic (exact) mass is 348 g/mol. The first-order valence-corrected chi connectivity index (χ1v) is 8.53. The third-order valence-corrected chi connectivity index (χ3v) is 4.33. The lowest BCUT2D eigenvalue weighted by molar-refractivity contribution is -0.123. The van der Waals surface area contributed by atoms with Crippen LogP contribution in [0.3, 0.4) is 0 Å². The van der Waals surface area contributed by atoms with Crippen LogP contribution in [0.2, 0.25) is 0 Å². The SMILES string of the molecule is CCCCNC(=O)COc1nc(-c2ccc(C(=O)O)cc2)sc1C. The second kappa shape index (κ2) is 8.44. The molecule has 2 N–H and O–H groups in total. The molecule has 1 amide bonds. The van der Waals surface area contributed by atoms with E-state index in [0.29, 0.717) is 12.4 Å². The van der Waals surface area contributed by atoms with Gasteiger partial charge in [0.15, 0.2) is 6.61 Å². The second-order valence-corrected chi connectivity index (χ2v) is 6.46. The van der Waals surface area contributed by atoms with Crippen molar-refractivity contribution in [3.63, 3.8) is 0 Å². The number of carboxylic acid groups (broad SMARTS) is 1. The summed E-state index contributed by atoms with van der Waals surface area (Å²) in [6, 6.07) is 6.50. The van der Waals surface area contributed by atoms with Crippen molar-refractivity contribution in [2.24, 2.45) is 0 Å². The summed E-state index contributed by atoms with van der Waals surface area (Å²) in [5.41, 5.74) is 1.04. The van der Waals surface area contributed by atoms with Crippen molar-refractivity contribution >= 4 is 23.2 Å². The van der Waals surface area contributed by atoms with Crippen LogP contribution in [0.1, 0.15) is 35.0 Å². The molecule has 0 unspecified atom stereocenters. The van der Waals surface area contributed by atoms with Crippen LogP contribution in [0.4, 0.5) is 0 Å². The van der Waals surface area contributed by atoms with Gasteiger partial charge < -0.3 is 15.2 Å². The Balaban J connectivity index is 1.99. The molecule has 1 heterocycles. The molecule has 0 bridgehead atoms. The first-order chi connectivity index (χ1) is 11.5. The molecular weight excluding hydrogens is 328 g/mol. The zero-order chi connectivity index (χ0) is 17.5. The van der Waals surface area contributed by atoms with Gasteiger partial charge in [0.25, 0.3) is 5.91 Å². The van der Waals surface area contributed by atoms with Gasteiger partial charge in [0.05, 0.1) is 10.4 Å². The summed E-state index contributed by atoms with van der Waals surface area (Å²) in [6.45, 7) is 4.52. The number of nitrogens with zero attached hydrogens (tertiary/aromatic N) is 1. The number of aromatic carboxylic acids is 1. The van der Waals surface area contributed by atoms with E-state index in [4.69, 9.17) is 9.84 Å². The van der Waals surface area contributed by atoms with Gasteiger partial charge in [-0.3, -0.25) is 4.79 Å². The number of ether oxygens (including phenoxy) is 1. The van der Waals surface area contributed by atoms with Gasteiger partial charge in [-0.2, -0.15) is 0 Å². The average Bonchev–Trinajstić information content (AvgIpc) is 2.94. The number of carbonyl (C=O) groups excluding carboxylic acids is 1. The number of rotatable bonds is 8. The number of hydrogen-bond acceptors (Lipinski definition) is 5. The summed E-state index contributed by atoms with van der Waals surface area (Å²) in [6.07, 6.45) is 1.97. The molecule has 128 valence electrons. The fourth-order valence-corrected chi connectivity index (χ4v) is 2.85. The van der Waals surface area contributed by atoms with Crippen LogP contribution in [0.5, 0.6) is 5.88 Å². The number of nitrogens with one attached hydrogen (secondary N) is 1. The minimum Gasteiger partial charge on any atom is -0.478 e. The lowest BCUT2D eigenvalue weighted by Gasteiger charge is -2.05. The van der Waals surface area contributed by atoms with Gasteiger partial charge in [-0.05, 0) is 25.5 Å². The van der Waals surface area contributed by atoms with Crippen molar-refractivity contribution in [1.29, 1.82) is 0 Å².